The van der Waals surface area contributed by atoms with Gasteiger partial charge in [0.25, 0.3) is 0 Å². The molecule has 1 aromatic heterocycles. The van der Waals surface area contributed by atoms with Gasteiger partial charge in [-0.3, -0.25) is 4.79 Å². The lowest BCUT2D eigenvalue weighted by molar-refractivity contribution is -0.153. The van der Waals surface area contributed by atoms with Crippen LogP contribution in [-0.2, 0) is 16.0 Å². The van der Waals surface area contributed by atoms with Crippen LogP contribution >= 0.6 is 11.3 Å². The lowest BCUT2D eigenvalue weighted by atomic mass is 9.95. The molecule has 0 spiro atoms. The van der Waals surface area contributed by atoms with Gasteiger partial charge in [0, 0.05) is 24.5 Å². The Morgan fingerprint density at radius 1 is 1.44 bits per heavy atom. The summed E-state index contributed by atoms with van der Waals surface area (Å²) in [6, 6.07) is 1.03. The van der Waals surface area contributed by atoms with Crippen molar-refractivity contribution in [3.05, 3.63) is 21.9 Å². The van der Waals surface area contributed by atoms with E-state index >= 15 is 0 Å². The molecule has 0 saturated carbocycles. The fourth-order valence-corrected chi connectivity index (χ4v) is 3.42. The maximum atomic E-state index is 12.3. The molecular weight excluding hydrogens is 252 g/mol. The third-order valence-corrected chi connectivity index (χ3v) is 4.61. The lowest BCUT2D eigenvalue weighted by Crippen LogP contribution is -2.54. The van der Waals surface area contributed by atoms with Gasteiger partial charge in [-0.05, 0) is 23.4 Å². The summed E-state index contributed by atoms with van der Waals surface area (Å²) in [5, 5.41) is 14.3. The first-order chi connectivity index (χ1) is 8.68. The van der Waals surface area contributed by atoms with Crippen LogP contribution in [0.25, 0.3) is 0 Å². The molecule has 1 aromatic rings. The normalized spacial score (nSPS) is 23.3. The van der Waals surface area contributed by atoms with Crippen LogP contribution in [0.1, 0.15) is 16.5 Å². The summed E-state index contributed by atoms with van der Waals surface area (Å²) in [6.45, 7) is 1.84. The highest BCUT2D eigenvalue weighted by Gasteiger charge is 2.40. The van der Waals surface area contributed by atoms with Crippen LogP contribution in [0.15, 0.2) is 11.4 Å². The van der Waals surface area contributed by atoms with Crippen molar-refractivity contribution in [1.29, 1.82) is 0 Å². The van der Waals surface area contributed by atoms with Gasteiger partial charge >= 0.3 is 5.97 Å². The van der Waals surface area contributed by atoms with E-state index in [4.69, 9.17) is 0 Å². The second kappa shape index (κ2) is 4.37. The lowest BCUT2D eigenvalue weighted by Gasteiger charge is -2.38. The number of carbonyl (C=O) groups excluding carboxylic acids is 1. The predicted molar refractivity (Wildman–Crippen MR) is 66.5 cm³/mol. The van der Waals surface area contributed by atoms with Crippen LogP contribution in [0.2, 0.25) is 0 Å². The van der Waals surface area contributed by atoms with E-state index in [0.29, 0.717) is 19.6 Å². The summed E-state index contributed by atoms with van der Waals surface area (Å²) in [6.07, 6.45) is 0.767. The largest absolute Gasteiger partial charge is 0.479 e. The van der Waals surface area contributed by atoms with Crippen LogP contribution < -0.4 is 5.32 Å². The first-order valence-corrected chi connectivity index (χ1v) is 6.86. The van der Waals surface area contributed by atoms with Crippen molar-refractivity contribution in [1.82, 2.24) is 10.2 Å². The van der Waals surface area contributed by atoms with Gasteiger partial charge in [0.2, 0.25) is 5.91 Å². The Balaban J connectivity index is 1.90. The van der Waals surface area contributed by atoms with Gasteiger partial charge in [-0.25, -0.2) is 4.79 Å². The molecule has 2 aliphatic rings. The summed E-state index contributed by atoms with van der Waals surface area (Å²) in [5.74, 6) is -1.01. The van der Waals surface area contributed by atoms with Crippen molar-refractivity contribution >= 4 is 23.2 Å². The molecule has 6 heteroatoms. The number of amides is 1. The molecule has 5 nitrogen and oxygen atoms in total. The molecule has 2 N–H and O–H groups in total. The van der Waals surface area contributed by atoms with Crippen molar-refractivity contribution in [2.45, 2.75) is 12.5 Å². The third kappa shape index (κ3) is 1.72. The topological polar surface area (TPSA) is 69.6 Å². The smallest absolute Gasteiger partial charge is 0.331 e. The Morgan fingerprint density at radius 3 is 2.83 bits per heavy atom. The zero-order valence-electron chi connectivity index (χ0n) is 9.76. The van der Waals surface area contributed by atoms with Gasteiger partial charge in [-0.15, -0.1) is 11.3 Å². The number of carboxylic acid groups (broad SMARTS) is 1. The van der Waals surface area contributed by atoms with Crippen LogP contribution in [0.5, 0.6) is 0 Å². The highest BCUT2D eigenvalue weighted by molar-refractivity contribution is 7.10. The van der Waals surface area contributed by atoms with Crippen LogP contribution in [-0.4, -0.2) is 41.5 Å². The van der Waals surface area contributed by atoms with E-state index in [1.165, 1.54) is 4.90 Å². The maximum absolute atomic E-state index is 12.3. The highest BCUT2D eigenvalue weighted by atomic mass is 32.1. The number of carbonyl (C=O) groups is 2. The van der Waals surface area contributed by atoms with Crippen LogP contribution in [0.3, 0.4) is 0 Å². The first kappa shape index (κ1) is 11.7. The SMILES string of the molecule is O=C(O)C1c2ccsc2CCN1C(=O)C1CNC1. The van der Waals surface area contributed by atoms with Crippen molar-refractivity contribution in [3.63, 3.8) is 0 Å². The number of aliphatic carboxylic acids is 1. The average molecular weight is 266 g/mol. The average Bonchev–Trinajstić information content (AvgIpc) is 2.72. The number of fused-ring (bicyclic) bond motifs is 1. The minimum absolute atomic E-state index is 0.0296. The molecule has 1 saturated heterocycles. The van der Waals surface area contributed by atoms with Gasteiger partial charge in [0.1, 0.15) is 0 Å². The van der Waals surface area contributed by atoms with Crippen molar-refractivity contribution in [3.8, 4) is 0 Å². The number of hydrogen-bond donors (Lipinski definition) is 2. The molecule has 1 atom stereocenters. The number of carboxylic acids is 1. The van der Waals surface area contributed by atoms with Gasteiger partial charge in [-0.1, -0.05) is 0 Å². The summed E-state index contributed by atoms with van der Waals surface area (Å²) >= 11 is 1.57. The van der Waals surface area contributed by atoms with E-state index in [-0.39, 0.29) is 11.8 Å². The summed E-state index contributed by atoms with van der Waals surface area (Å²) in [5.41, 5.74) is 0.791. The monoisotopic (exact) mass is 266 g/mol. The Hall–Kier alpha value is -1.40. The number of nitrogens with one attached hydrogen (secondary N) is 1. The minimum Gasteiger partial charge on any atom is -0.479 e. The molecule has 0 aromatic carbocycles. The zero-order chi connectivity index (χ0) is 12.7. The van der Waals surface area contributed by atoms with Crippen LogP contribution in [0, 0.1) is 5.92 Å². The van der Waals surface area contributed by atoms with Crippen molar-refractivity contribution < 1.29 is 14.7 Å². The van der Waals surface area contributed by atoms with Crippen molar-refractivity contribution in [2.75, 3.05) is 19.6 Å². The molecule has 3 rings (SSSR count). The number of thiophene rings is 1. The molecule has 0 radical (unpaired) electrons. The Kier molecular flexibility index (Phi) is 2.83. The fraction of sp³-hybridized carbons (Fsp3) is 0.500. The molecule has 18 heavy (non-hydrogen) atoms. The van der Waals surface area contributed by atoms with E-state index < -0.39 is 12.0 Å². The minimum atomic E-state index is -0.935. The molecule has 1 amide bonds. The van der Waals surface area contributed by atoms with E-state index in [1.807, 2.05) is 11.4 Å². The Labute approximate surface area is 108 Å². The van der Waals surface area contributed by atoms with Crippen LogP contribution in [0.4, 0.5) is 0 Å². The maximum Gasteiger partial charge on any atom is 0.331 e. The predicted octanol–water partition coefficient (Wildman–Crippen LogP) is 0.478. The number of hydrogen-bond acceptors (Lipinski definition) is 4. The number of rotatable bonds is 2. The van der Waals surface area contributed by atoms with Crippen molar-refractivity contribution in [2.24, 2.45) is 5.92 Å². The Morgan fingerprint density at radius 2 is 2.22 bits per heavy atom. The quantitative estimate of drug-likeness (QED) is 0.817. The summed E-state index contributed by atoms with van der Waals surface area (Å²) < 4.78 is 0. The van der Waals surface area contributed by atoms with Gasteiger partial charge in [0.15, 0.2) is 6.04 Å². The van der Waals surface area contributed by atoms with E-state index in [2.05, 4.69) is 5.32 Å². The molecule has 3 heterocycles. The molecular formula is C12H14N2O3S. The number of nitrogens with zero attached hydrogens (tertiary/aromatic N) is 1. The van der Waals surface area contributed by atoms with Gasteiger partial charge in [0.05, 0.1) is 5.92 Å². The third-order valence-electron chi connectivity index (χ3n) is 3.61. The zero-order valence-corrected chi connectivity index (χ0v) is 10.6. The van der Waals surface area contributed by atoms with Gasteiger partial charge in [-0.2, -0.15) is 0 Å². The van der Waals surface area contributed by atoms with E-state index in [1.54, 1.807) is 11.3 Å². The molecule has 0 bridgehead atoms. The summed E-state index contributed by atoms with van der Waals surface area (Å²) in [7, 11) is 0. The van der Waals surface area contributed by atoms with E-state index in [9.17, 15) is 14.7 Å². The standard InChI is InChI=1S/C12H14N2O3S/c15-11(7-5-13-6-7)14-3-1-9-8(2-4-18-9)10(14)12(16)17/h2,4,7,10,13H,1,3,5-6H2,(H,16,17). The Bertz CT molecular complexity index is 495. The molecule has 2 aliphatic heterocycles. The first-order valence-electron chi connectivity index (χ1n) is 5.98. The highest BCUT2D eigenvalue weighted by Crippen LogP contribution is 2.34. The second-order valence-electron chi connectivity index (χ2n) is 4.68. The van der Waals surface area contributed by atoms with E-state index in [0.717, 1.165) is 16.9 Å². The fourth-order valence-electron chi connectivity index (χ4n) is 2.52. The molecule has 0 aliphatic carbocycles. The van der Waals surface area contributed by atoms with Gasteiger partial charge < -0.3 is 15.3 Å². The second-order valence-corrected chi connectivity index (χ2v) is 5.68. The molecule has 96 valence electrons. The molecule has 1 unspecified atom stereocenters. The summed E-state index contributed by atoms with van der Waals surface area (Å²) in [4.78, 5) is 26.3. The molecule has 1 fully saturated rings.